The molecule has 114 valence electrons. The first-order valence-electron chi connectivity index (χ1n) is 6.91. The number of hydrogen-bond donors (Lipinski definition) is 2. The van der Waals surface area contributed by atoms with Gasteiger partial charge in [-0.05, 0) is 26.0 Å². The van der Waals surface area contributed by atoms with E-state index in [0.29, 0.717) is 17.8 Å². The highest BCUT2D eigenvalue weighted by molar-refractivity contribution is 7.11. The average molecular weight is 306 g/mol. The van der Waals surface area contributed by atoms with Gasteiger partial charge in [-0.3, -0.25) is 0 Å². The fourth-order valence-electron chi connectivity index (χ4n) is 1.91. The van der Waals surface area contributed by atoms with E-state index in [0.717, 1.165) is 6.42 Å². The Labute approximate surface area is 129 Å². The van der Waals surface area contributed by atoms with E-state index in [2.05, 4.69) is 51.6 Å². The van der Waals surface area contributed by atoms with Gasteiger partial charge in [-0.2, -0.15) is 15.0 Å². The van der Waals surface area contributed by atoms with Crippen LogP contribution >= 0.6 is 11.3 Å². The van der Waals surface area contributed by atoms with Gasteiger partial charge in [0.05, 0.1) is 0 Å². The third kappa shape index (κ3) is 4.29. The van der Waals surface area contributed by atoms with E-state index in [1.165, 1.54) is 9.75 Å². The molecule has 1 unspecified atom stereocenters. The molecule has 2 aromatic rings. The molecule has 0 aliphatic carbocycles. The minimum absolute atomic E-state index is 0.255. The summed E-state index contributed by atoms with van der Waals surface area (Å²) >= 11 is 1.83. The molecule has 0 spiro atoms. The highest BCUT2D eigenvalue weighted by Gasteiger charge is 2.11. The first-order chi connectivity index (χ1) is 9.97. The second-order valence-corrected chi connectivity index (χ2v) is 6.56. The molecule has 0 aliphatic heterocycles. The predicted molar refractivity (Wildman–Crippen MR) is 89.5 cm³/mol. The number of anilines is 3. The fraction of sp³-hybridized carbons (Fsp3) is 0.500. The number of nitrogens with zero attached hydrogens (tertiary/aromatic N) is 4. The van der Waals surface area contributed by atoms with Crippen LogP contribution in [0.25, 0.3) is 0 Å². The largest absolute Gasteiger partial charge is 0.357 e. The van der Waals surface area contributed by atoms with Crippen molar-refractivity contribution in [1.82, 2.24) is 15.0 Å². The molecule has 0 bridgehead atoms. The summed E-state index contributed by atoms with van der Waals surface area (Å²) in [7, 11) is 5.63. The van der Waals surface area contributed by atoms with Gasteiger partial charge in [0.1, 0.15) is 0 Å². The zero-order valence-corrected chi connectivity index (χ0v) is 14.0. The Hall–Kier alpha value is -1.89. The van der Waals surface area contributed by atoms with Gasteiger partial charge in [-0.1, -0.05) is 0 Å². The summed E-state index contributed by atoms with van der Waals surface area (Å²) in [6.45, 7) is 4.26. The Morgan fingerprint density at radius 2 is 1.90 bits per heavy atom. The van der Waals surface area contributed by atoms with Gasteiger partial charge in [-0.25, -0.2) is 0 Å². The summed E-state index contributed by atoms with van der Waals surface area (Å²) in [5, 5.41) is 6.31. The monoisotopic (exact) mass is 306 g/mol. The van der Waals surface area contributed by atoms with E-state index in [9.17, 15) is 0 Å². The van der Waals surface area contributed by atoms with Crippen LogP contribution in [0.4, 0.5) is 17.8 Å². The summed E-state index contributed by atoms with van der Waals surface area (Å²) in [4.78, 5) is 17.6. The van der Waals surface area contributed by atoms with Crippen LogP contribution in [0.3, 0.4) is 0 Å². The third-order valence-electron chi connectivity index (χ3n) is 2.93. The molecule has 7 heteroatoms. The second kappa shape index (κ2) is 6.71. The Morgan fingerprint density at radius 3 is 2.48 bits per heavy atom. The van der Waals surface area contributed by atoms with E-state index in [-0.39, 0.29) is 6.04 Å². The van der Waals surface area contributed by atoms with Crippen molar-refractivity contribution in [2.24, 2.45) is 0 Å². The van der Waals surface area contributed by atoms with Gasteiger partial charge in [0.25, 0.3) is 0 Å². The van der Waals surface area contributed by atoms with Crippen molar-refractivity contribution >= 4 is 29.2 Å². The molecular weight excluding hydrogens is 284 g/mol. The van der Waals surface area contributed by atoms with Crippen molar-refractivity contribution in [3.8, 4) is 0 Å². The van der Waals surface area contributed by atoms with Crippen LogP contribution in [0.2, 0.25) is 0 Å². The molecule has 21 heavy (non-hydrogen) atoms. The molecule has 0 saturated carbocycles. The molecule has 0 amide bonds. The fourth-order valence-corrected chi connectivity index (χ4v) is 2.93. The lowest BCUT2D eigenvalue weighted by molar-refractivity contribution is 0.782. The lowest BCUT2D eigenvalue weighted by Crippen LogP contribution is -2.22. The van der Waals surface area contributed by atoms with Crippen LogP contribution in [-0.2, 0) is 6.42 Å². The van der Waals surface area contributed by atoms with Crippen LogP contribution in [0.15, 0.2) is 12.1 Å². The quantitative estimate of drug-likeness (QED) is 0.854. The average Bonchev–Trinajstić information content (AvgIpc) is 2.83. The minimum atomic E-state index is 0.255. The first-order valence-corrected chi connectivity index (χ1v) is 7.72. The second-order valence-electron chi connectivity index (χ2n) is 5.19. The van der Waals surface area contributed by atoms with Crippen LogP contribution in [0, 0.1) is 6.92 Å². The van der Waals surface area contributed by atoms with Gasteiger partial charge in [0.15, 0.2) is 0 Å². The van der Waals surface area contributed by atoms with E-state index < -0.39 is 0 Å². The number of aromatic nitrogens is 3. The molecule has 2 aromatic heterocycles. The van der Waals surface area contributed by atoms with Crippen molar-refractivity contribution in [3.63, 3.8) is 0 Å². The highest BCUT2D eigenvalue weighted by Crippen LogP contribution is 2.18. The van der Waals surface area contributed by atoms with Crippen molar-refractivity contribution in [1.29, 1.82) is 0 Å². The maximum Gasteiger partial charge on any atom is 0.231 e. The summed E-state index contributed by atoms with van der Waals surface area (Å²) in [6, 6.07) is 4.58. The summed E-state index contributed by atoms with van der Waals surface area (Å²) in [6.07, 6.45) is 0.955. The molecule has 6 nitrogen and oxygen atoms in total. The molecule has 0 saturated heterocycles. The Morgan fingerprint density at radius 1 is 1.19 bits per heavy atom. The number of aryl methyl sites for hydroxylation is 1. The Kier molecular flexibility index (Phi) is 4.95. The van der Waals surface area contributed by atoms with Crippen molar-refractivity contribution in [2.75, 3.05) is 36.7 Å². The normalized spacial score (nSPS) is 12.0. The molecule has 1 atom stereocenters. The molecule has 2 heterocycles. The van der Waals surface area contributed by atoms with E-state index >= 15 is 0 Å². The van der Waals surface area contributed by atoms with E-state index in [4.69, 9.17) is 0 Å². The molecule has 2 rings (SSSR count). The smallest absolute Gasteiger partial charge is 0.231 e. The van der Waals surface area contributed by atoms with Crippen molar-refractivity contribution < 1.29 is 0 Å². The molecule has 0 aliphatic rings. The maximum absolute atomic E-state index is 4.42. The Bertz CT molecular complexity index is 595. The zero-order valence-electron chi connectivity index (χ0n) is 13.1. The predicted octanol–water partition coefficient (Wildman–Crippen LogP) is 2.39. The molecule has 0 fully saturated rings. The maximum atomic E-state index is 4.42. The summed E-state index contributed by atoms with van der Waals surface area (Å²) in [5.41, 5.74) is 0. The topological polar surface area (TPSA) is 66.0 Å². The van der Waals surface area contributed by atoms with Gasteiger partial charge in [-0.15, -0.1) is 11.3 Å². The standard InChI is InChI=1S/C14H22N6S/c1-9(8-11-7-6-10(2)21-11)16-13-17-12(15-3)18-14(19-13)20(4)5/h6-7,9H,8H2,1-5H3,(H2,15,16,17,18,19). The van der Waals surface area contributed by atoms with E-state index in [1.54, 1.807) is 7.05 Å². The van der Waals surface area contributed by atoms with Crippen LogP contribution in [-0.4, -0.2) is 42.1 Å². The molecule has 2 N–H and O–H groups in total. The van der Waals surface area contributed by atoms with Crippen LogP contribution < -0.4 is 15.5 Å². The van der Waals surface area contributed by atoms with Gasteiger partial charge >= 0.3 is 0 Å². The van der Waals surface area contributed by atoms with Gasteiger partial charge in [0.2, 0.25) is 17.8 Å². The number of thiophene rings is 1. The summed E-state index contributed by atoms with van der Waals surface area (Å²) < 4.78 is 0. The lowest BCUT2D eigenvalue weighted by atomic mass is 10.2. The third-order valence-corrected chi connectivity index (χ3v) is 3.95. The van der Waals surface area contributed by atoms with E-state index in [1.807, 2.05) is 30.3 Å². The Balaban J connectivity index is 2.09. The number of hydrogen-bond acceptors (Lipinski definition) is 7. The molecule has 0 radical (unpaired) electrons. The molecular formula is C14H22N6S. The first kappa shape index (κ1) is 15.5. The van der Waals surface area contributed by atoms with Crippen LogP contribution in [0.1, 0.15) is 16.7 Å². The van der Waals surface area contributed by atoms with Crippen molar-refractivity contribution in [3.05, 3.63) is 21.9 Å². The summed E-state index contributed by atoms with van der Waals surface area (Å²) in [5.74, 6) is 1.80. The number of nitrogens with one attached hydrogen (secondary N) is 2. The lowest BCUT2D eigenvalue weighted by Gasteiger charge is -2.16. The van der Waals surface area contributed by atoms with Crippen LogP contribution in [0.5, 0.6) is 0 Å². The van der Waals surface area contributed by atoms with Gasteiger partial charge < -0.3 is 15.5 Å². The van der Waals surface area contributed by atoms with Gasteiger partial charge in [0, 0.05) is 43.4 Å². The highest BCUT2D eigenvalue weighted by atomic mass is 32.1. The minimum Gasteiger partial charge on any atom is -0.357 e. The molecule has 0 aromatic carbocycles. The SMILES string of the molecule is CNc1nc(NC(C)Cc2ccc(C)s2)nc(N(C)C)n1. The zero-order chi connectivity index (χ0) is 15.4. The number of rotatable bonds is 6. The van der Waals surface area contributed by atoms with Crippen molar-refractivity contribution in [2.45, 2.75) is 26.3 Å².